The van der Waals surface area contributed by atoms with Gasteiger partial charge in [-0.05, 0) is 25.1 Å². The van der Waals surface area contributed by atoms with Gasteiger partial charge >= 0.3 is 0 Å². The van der Waals surface area contributed by atoms with Gasteiger partial charge < -0.3 is 14.5 Å². The molecule has 1 aromatic rings. The lowest BCUT2D eigenvalue weighted by molar-refractivity contribution is 0.0529. The Kier molecular flexibility index (Phi) is 4.59. The first-order valence-electron chi connectivity index (χ1n) is 6.72. The molecular weight excluding hydrogens is 252 g/mol. The lowest BCUT2D eigenvalue weighted by Crippen LogP contribution is -2.41. The molecule has 1 fully saturated rings. The summed E-state index contributed by atoms with van der Waals surface area (Å²) in [6.07, 6.45) is 3.97. The molecule has 0 radical (unpaired) electrons. The lowest BCUT2D eigenvalue weighted by atomic mass is 10.2. The number of pyridine rings is 1. The topological polar surface area (TPSA) is 52.4 Å². The monoisotopic (exact) mass is 272 g/mol. The van der Waals surface area contributed by atoms with Gasteiger partial charge in [0.05, 0.1) is 24.0 Å². The fourth-order valence-electron chi connectivity index (χ4n) is 2.11. The normalized spacial score (nSPS) is 19.1. The van der Waals surface area contributed by atoms with Crippen molar-refractivity contribution in [1.29, 1.82) is 5.26 Å². The Morgan fingerprint density at radius 3 is 2.95 bits per heavy atom. The van der Waals surface area contributed by atoms with E-state index in [0.717, 1.165) is 18.9 Å². The lowest BCUT2D eigenvalue weighted by Gasteiger charge is -2.32. The van der Waals surface area contributed by atoms with E-state index in [2.05, 4.69) is 22.9 Å². The molecule has 1 aliphatic rings. The molecule has 0 aromatic carbocycles. The molecule has 0 N–H and O–H groups in total. The van der Waals surface area contributed by atoms with Crippen LogP contribution in [0.4, 0.5) is 5.82 Å². The largest absolute Gasteiger partial charge is 0.383 e. The predicted octanol–water partition coefficient (Wildman–Crippen LogP) is 1.71. The summed E-state index contributed by atoms with van der Waals surface area (Å²) in [4.78, 5) is 8.73. The highest BCUT2D eigenvalue weighted by Gasteiger charge is 2.18. The third kappa shape index (κ3) is 3.49. The number of anilines is 1. The molecule has 1 aliphatic heterocycles. The average molecular weight is 272 g/mol. The second kappa shape index (κ2) is 6.40. The molecule has 1 aromatic heterocycles. The minimum Gasteiger partial charge on any atom is -0.383 e. The van der Waals surface area contributed by atoms with E-state index in [1.165, 1.54) is 0 Å². The van der Waals surface area contributed by atoms with Gasteiger partial charge in [-0.15, -0.1) is 0 Å². The fraction of sp³-hybridized carbons (Fsp3) is 0.467. The van der Waals surface area contributed by atoms with E-state index in [9.17, 15) is 0 Å². The average Bonchev–Trinajstić information content (AvgIpc) is 2.44. The van der Waals surface area contributed by atoms with Crippen LogP contribution in [0.3, 0.4) is 0 Å². The minimum atomic E-state index is 0.210. The number of rotatable bonds is 3. The Balaban J connectivity index is 2.27. The fourth-order valence-corrected chi connectivity index (χ4v) is 2.11. The zero-order valence-electron chi connectivity index (χ0n) is 12.2. The Bertz CT molecular complexity index is 533. The zero-order chi connectivity index (χ0) is 14.5. The van der Waals surface area contributed by atoms with Gasteiger partial charge in [-0.1, -0.05) is 0 Å². The van der Waals surface area contributed by atoms with Gasteiger partial charge in [-0.3, -0.25) is 0 Å². The first-order valence-corrected chi connectivity index (χ1v) is 6.72. The number of morpholine rings is 1. The van der Waals surface area contributed by atoms with Gasteiger partial charge in [0.15, 0.2) is 0 Å². The molecule has 2 rings (SSSR count). The number of hydrogen-bond acceptors (Lipinski definition) is 5. The molecule has 1 atom stereocenters. The molecule has 0 amide bonds. The van der Waals surface area contributed by atoms with E-state index < -0.39 is 0 Å². The maximum absolute atomic E-state index is 9.16. The summed E-state index contributed by atoms with van der Waals surface area (Å²) in [5, 5.41) is 9.16. The van der Waals surface area contributed by atoms with Gasteiger partial charge in [-0.2, -0.15) is 5.26 Å². The molecule has 0 spiro atoms. The Hall–Kier alpha value is -2.06. The van der Waals surface area contributed by atoms with Gasteiger partial charge in [0, 0.05) is 33.4 Å². The van der Waals surface area contributed by atoms with E-state index in [4.69, 9.17) is 10.00 Å². The molecule has 0 saturated carbocycles. The van der Waals surface area contributed by atoms with Crippen LogP contribution in [0.1, 0.15) is 18.2 Å². The molecule has 0 unspecified atom stereocenters. The van der Waals surface area contributed by atoms with Crippen molar-refractivity contribution < 1.29 is 4.74 Å². The molecule has 106 valence electrons. The number of nitrogens with zero attached hydrogens (tertiary/aromatic N) is 4. The first kappa shape index (κ1) is 14.4. The van der Waals surface area contributed by atoms with Crippen molar-refractivity contribution in [2.24, 2.45) is 0 Å². The second-order valence-electron chi connectivity index (χ2n) is 5.12. The van der Waals surface area contributed by atoms with Crippen molar-refractivity contribution >= 4 is 11.9 Å². The van der Waals surface area contributed by atoms with E-state index in [1.54, 1.807) is 0 Å². The molecule has 20 heavy (non-hydrogen) atoms. The summed E-state index contributed by atoms with van der Waals surface area (Å²) in [5.41, 5.74) is 1.30. The van der Waals surface area contributed by atoms with Crippen molar-refractivity contribution in [2.75, 3.05) is 38.7 Å². The van der Waals surface area contributed by atoms with Gasteiger partial charge in [-0.25, -0.2) is 4.98 Å². The van der Waals surface area contributed by atoms with Crippen molar-refractivity contribution in [1.82, 2.24) is 9.88 Å². The highest BCUT2D eigenvalue weighted by atomic mass is 16.5. The van der Waals surface area contributed by atoms with Gasteiger partial charge in [0.2, 0.25) is 0 Å². The van der Waals surface area contributed by atoms with E-state index >= 15 is 0 Å². The third-order valence-corrected chi connectivity index (χ3v) is 3.13. The molecular formula is C15H20N4O. The Labute approximate surface area is 120 Å². The maximum Gasteiger partial charge on any atom is 0.129 e. The quantitative estimate of drug-likeness (QED) is 0.838. The van der Waals surface area contributed by atoms with Crippen molar-refractivity contribution in [3.63, 3.8) is 0 Å². The van der Waals surface area contributed by atoms with Crippen molar-refractivity contribution in [3.05, 3.63) is 29.6 Å². The Morgan fingerprint density at radius 2 is 2.30 bits per heavy atom. The van der Waals surface area contributed by atoms with Crippen molar-refractivity contribution in [3.8, 4) is 6.07 Å². The molecule has 1 saturated heterocycles. The summed E-state index contributed by atoms with van der Waals surface area (Å²) in [5.74, 6) is 0.901. The van der Waals surface area contributed by atoms with E-state index in [0.29, 0.717) is 17.9 Å². The van der Waals surface area contributed by atoms with Crippen LogP contribution >= 0.6 is 0 Å². The summed E-state index contributed by atoms with van der Waals surface area (Å²) in [6, 6.07) is 5.92. The Morgan fingerprint density at radius 1 is 1.50 bits per heavy atom. The molecule has 5 nitrogen and oxygen atoms in total. The molecule has 5 heteroatoms. The highest BCUT2D eigenvalue weighted by molar-refractivity contribution is 5.57. The smallest absolute Gasteiger partial charge is 0.129 e. The van der Waals surface area contributed by atoms with Crippen molar-refractivity contribution in [2.45, 2.75) is 13.0 Å². The molecule has 0 aliphatic carbocycles. The van der Waals surface area contributed by atoms with Crippen LogP contribution in [-0.2, 0) is 4.74 Å². The van der Waals surface area contributed by atoms with Crippen LogP contribution in [0.2, 0.25) is 0 Å². The van der Waals surface area contributed by atoms with Crippen LogP contribution < -0.4 is 4.90 Å². The SMILES string of the molecule is C[C@@H]1CN(c2ccc(C#N)c(/C=C/N(C)C)n2)CCO1. The number of hydrogen-bond donors (Lipinski definition) is 0. The zero-order valence-corrected chi connectivity index (χ0v) is 12.2. The summed E-state index contributed by atoms with van der Waals surface area (Å²) < 4.78 is 5.54. The van der Waals surface area contributed by atoms with Crippen LogP contribution in [0.15, 0.2) is 18.3 Å². The van der Waals surface area contributed by atoms with Crippen LogP contribution in [0, 0.1) is 11.3 Å². The number of aromatic nitrogens is 1. The van der Waals surface area contributed by atoms with E-state index in [1.807, 2.05) is 43.4 Å². The highest BCUT2D eigenvalue weighted by Crippen LogP contribution is 2.18. The van der Waals surface area contributed by atoms with Crippen LogP contribution in [-0.4, -0.2) is 49.8 Å². The summed E-state index contributed by atoms with van der Waals surface area (Å²) in [7, 11) is 3.88. The standard InChI is InChI=1S/C15H20N4O/c1-12-11-19(8-9-20-12)15-5-4-13(10-16)14(17-15)6-7-18(2)3/h4-7,12H,8-9,11H2,1-3H3/b7-6+/t12-/m1/s1. The summed E-state index contributed by atoms with van der Waals surface area (Å²) >= 11 is 0. The van der Waals surface area contributed by atoms with Crippen LogP contribution in [0.25, 0.3) is 6.08 Å². The van der Waals surface area contributed by atoms with E-state index in [-0.39, 0.29) is 6.10 Å². The second-order valence-corrected chi connectivity index (χ2v) is 5.12. The molecule has 0 bridgehead atoms. The maximum atomic E-state index is 9.16. The number of nitriles is 1. The predicted molar refractivity (Wildman–Crippen MR) is 79.3 cm³/mol. The number of ether oxygens (including phenoxy) is 1. The third-order valence-electron chi connectivity index (χ3n) is 3.13. The molecule has 2 heterocycles. The van der Waals surface area contributed by atoms with Crippen LogP contribution in [0.5, 0.6) is 0 Å². The minimum absolute atomic E-state index is 0.210. The van der Waals surface area contributed by atoms with Gasteiger partial charge in [0.1, 0.15) is 11.9 Å². The summed E-state index contributed by atoms with van der Waals surface area (Å²) in [6.45, 7) is 4.43. The first-order chi connectivity index (χ1) is 9.60. The van der Waals surface area contributed by atoms with Gasteiger partial charge in [0.25, 0.3) is 0 Å².